The zero-order valence-corrected chi connectivity index (χ0v) is 17.4. The van der Waals surface area contributed by atoms with Crippen molar-refractivity contribution in [3.05, 3.63) is 90.8 Å². The van der Waals surface area contributed by atoms with Crippen molar-refractivity contribution in [3.63, 3.8) is 0 Å². The molecule has 2 amide bonds. The van der Waals surface area contributed by atoms with Gasteiger partial charge < -0.3 is 0 Å². The van der Waals surface area contributed by atoms with Crippen LogP contribution in [-0.2, 0) is 0 Å². The largest absolute Gasteiger partial charge is 0.281 e. The van der Waals surface area contributed by atoms with Crippen molar-refractivity contribution in [1.82, 2.24) is 24.7 Å². The number of carbonyl (C=O) groups excluding carboxylic acids is 2. The molecule has 0 unspecified atom stereocenters. The van der Waals surface area contributed by atoms with Crippen molar-refractivity contribution in [2.24, 2.45) is 0 Å². The molecule has 0 saturated heterocycles. The molecule has 0 saturated carbocycles. The van der Waals surface area contributed by atoms with Gasteiger partial charge in [-0.05, 0) is 36.4 Å². The molecule has 0 fully saturated rings. The number of hydrogen-bond acceptors (Lipinski definition) is 6. The molecule has 0 radical (unpaired) electrons. The van der Waals surface area contributed by atoms with Crippen molar-refractivity contribution in [2.75, 3.05) is 10.0 Å². The van der Waals surface area contributed by atoms with Gasteiger partial charge in [-0.1, -0.05) is 12.1 Å². The van der Waals surface area contributed by atoms with Gasteiger partial charge in [0, 0.05) is 24.8 Å². The van der Waals surface area contributed by atoms with Gasteiger partial charge in [-0.2, -0.15) is 5.01 Å². The number of para-hydroxylation sites is 2. The molecule has 156 valence electrons. The number of pyridine rings is 2. The first kappa shape index (κ1) is 21.9. The summed E-state index contributed by atoms with van der Waals surface area (Å²) in [6.45, 7) is 0. The van der Waals surface area contributed by atoms with Gasteiger partial charge in [-0.3, -0.25) is 24.1 Å². The van der Waals surface area contributed by atoms with E-state index in [2.05, 4.69) is 20.2 Å². The van der Waals surface area contributed by atoms with Crippen molar-refractivity contribution < 1.29 is 9.59 Å². The molecule has 1 aromatic carbocycles. The summed E-state index contributed by atoms with van der Waals surface area (Å²) in [7, 11) is 0. The summed E-state index contributed by atoms with van der Waals surface area (Å²) >= 11 is 0. The number of anilines is 2. The second-order valence-corrected chi connectivity index (χ2v) is 6.21. The highest BCUT2D eigenvalue weighted by molar-refractivity contribution is 6.17. The van der Waals surface area contributed by atoms with Gasteiger partial charge in [0.05, 0.1) is 22.5 Å². The van der Waals surface area contributed by atoms with E-state index >= 15 is 0 Å². The van der Waals surface area contributed by atoms with Crippen molar-refractivity contribution in [3.8, 4) is 5.69 Å². The molecule has 9 nitrogen and oxygen atoms in total. The Bertz CT molecular complexity index is 1220. The number of halogens is 2. The van der Waals surface area contributed by atoms with E-state index in [1.807, 2.05) is 12.1 Å². The molecule has 4 aromatic rings. The second-order valence-electron chi connectivity index (χ2n) is 6.21. The Labute approximate surface area is 189 Å². The minimum atomic E-state index is -0.459. The van der Waals surface area contributed by atoms with E-state index in [9.17, 15) is 9.59 Å². The Kier molecular flexibility index (Phi) is 6.28. The molecule has 0 bridgehead atoms. The number of hydrogen-bond donors (Lipinski definition) is 0. The molecular formula is C20H15Cl2N7O2. The Balaban J connectivity index is 0.00000136. The van der Waals surface area contributed by atoms with E-state index in [0.29, 0.717) is 22.5 Å². The van der Waals surface area contributed by atoms with Crippen LogP contribution in [-0.4, -0.2) is 36.5 Å². The highest BCUT2D eigenvalue weighted by Crippen LogP contribution is 2.36. The van der Waals surface area contributed by atoms with Gasteiger partial charge in [-0.15, -0.1) is 35.0 Å². The molecule has 4 heterocycles. The Morgan fingerprint density at radius 2 is 1.29 bits per heavy atom. The number of rotatable bonds is 2. The number of benzene rings is 1. The number of fused-ring (bicyclic) bond motifs is 3. The van der Waals surface area contributed by atoms with Crippen molar-refractivity contribution in [1.29, 1.82) is 0 Å². The number of nitrogens with zero attached hydrogens (tertiary/aromatic N) is 7. The fraction of sp³-hybridized carbons (Fsp3) is 0. The van der Waals surface area contributed by atoms with Crippen LogP contribution in [0.2, 0.25) is 0 Å². The SMILES string of the molecule is Cl.Cl.O=C(c1cccnc1)N1c2ccccc2-n2cnnc2N1C(=O)c1cccnc1. The first-order valence-corrected chi connectivity index (χ1v) is 8.74. The lowest BCUT2D eigenvalue weighted by Gasteiger charge is -2.38. The maximum Gasteiger partial charge on any atom is 0.281 e. The van der Waals surface area contributed by atoms with Crippen LogP contribution in [0.5, 0.6) is 0 Å². The van der Waals surface area contributed by atoms with Gasteiger partial charge in [-0.25, -0.2) is 5.01 Å². The summed E-state index contributed by atoms with van der Waals surface area (Å²) in [5, 5.41) is 10.6. The molecule has 1 aliphatic rings. The molecule has 11 heteroatoms. The van der Waals surface area contributed by atoms with Gasteiger partial charge in [0.15, 0.2) is 0 Å². The molecule has 31 heavy (non-hydrogen) atoms. The monoisotopic (exact) mass is 455 g/mol. The second kappa shape index (κ2) is 8.90. The lowest BCUT2D eigenvalue weighted by atomic mass is 10.2. The highest BCUT2D eigenvalue weighted by Gasteiger charge is 2.39. The summed E-state index contributed by atoms with van der Waals surface area (Å²) in [4.78, 5) is 34.9. The Hall–Kier alpha value is -3.82. The normalized spacial score (nSPS) is 11.5. The lowest BCUT2D eigenvalue weighted by Crippen LogP contribution is -2.54. The van der Waals surface area contributed by atoms with E-state index in [1.165, 1.54) is 28.7 Å². The quantitative estimate of drug-likeness (QED) is 0.460. The van der Waals surface area contributed by atoms with E-state index in [0.717, 1.165) is 0 Å². The third kappa shape index (κ3) is 3.60. The Morgan fingerprint density at radius 3 is 1.87 bits per heavy atom. The summed E-state index contributed by atoms with van der Waals surface area (Å²) < 4.78 is 1.66. The first-order chi connectivity index (χ1) is 14.3. The fourth-order valence-corrected chi connectivity index (χ4v) is 3.19. The van der Waals surface area contributed by atoms with Gasteiger partial charge in [0.2, 0.25) is 0 Å². The smallest absolute Gasteiger partial charge is 0.267 e. The van der Waals surface area contributed by atoms with Crippen LogP contribution in [0.1, 0.15) is 20.7 Å². The number of carbonyl (C=O) groups is 2. The maximum absolute atomic E-state index is 13.5. The average Bonchev–Trinajstić information content (AvgIpc) is 3.28. The lowest BCUT2D eigenvalue weighted by molar-refractivity contribution is 0.0918. The zero-order valence-electron chi connectivity index (χ0n) is 15.8. The third-order valence-electron chi connectivity index (χ3n) is 4.49. The minimum Gasteiger partial charge on any atom is -0.267 e. The maximum atomic E-state index is 13.5. The minimum absolute atomic E-state index is 0. The van der Waals surface area contributed by atoms with Crippen LogP contribution in [0, 0.1) is 0 Å². The van der Waals surface area contributed by atoms with Crippen LogP contribution in [0.15, 0.2) is 79.6 Å². The molecule has 3 aromatic heterocycles. The predicted molar refractivity (Wildman–Crippen MR) is 118 cm³/mol. The molecule has 1 aliphatic heterocycles. The van der Waals surface area contributed by atoms with Gasteiger partial charge >= 0.3 is 0 Å². The summed E-state index contributed by atoms with van der Waals surface area (Å²) in [5.74, 6) is -0.675. The molecule has 0 atom stereocenters. The number of amides is 2. The standard InChI is InChI=1S/C20H13N7O2.2ClH/c28-18(14-5-3-9-21-11-14)26-17-8-2-1-7-16(17)25-13-23-24-20(25)27(26)19(29)15-6-4-10-22-12-15;;/h1-13H;2*1H. The predicted octanol–water partition coefficient (Wildman–Crippen LogP) is 3.12. The van der Waals surface area contributed by atoms with E-state index in [-0.39, 0.29) is 30.8 Å². The van der Waals surface area contributed by atoms with Gasteiger partial charge in [0.1, 0.15) is 6.33 Å². The average molecular weight is 456 g/mol. The van der Waals surface area contributed by atoms with Crippen molar-refractivity contribution >= 4 is 48.3 Å². The fourth-order valence-electron chi connectivity index (χ4n) is 3.19. The molecular weight excluding hydrogens is 441 g/mol. The number of hydrazine groups is 1. The summed E-state index contributed by atoms with van der Waals surface area (Å²) in [6, 6.07) is 13.8. The van der Waals surface area contributed by atoms with Crippen molar-refractivity contribution in [2.45, 2.75) is 0 Å². The molecule has 0 spiro atoms. The summed E-state index contributed by atoms with van der Waals surface area (Å²) in [5.41, 5.74) is 1.84. The summed E-state index contributed by atoms with van der Waals surface area (Å²) in [6.07, 6.45) is 7.55. The van der Waals surface area contributed by atoms with Crippen LogP contribution in [0.25, 0.3) is 5.69 Å². The van der Waals surface area contributed by atoms with Crippen LogP contribution >= 0.6 is 24.8 Å². The number of aromatic nitrogens is 5. The Morgan fingerprint density at radius 1 is 0.710 bits per heavy atom. The van der Waals surface area contributed by atoms with E-state index in [1.54, 1.807) is 53.4 Å². The van der Waals surface area contributed by atoms with Crippen LogP contribution < -0.4 is 10.0 Å². The van der Waals surface area contributed by atoms with E-state index < -0.39 is 11.8 Å². The first-order valence-electron chi connectivity index (χ1n) is 8.74. The molecule has 5 rings (SSSR count). The third-order valence-corrected chi connectivity index (χ3v) is 4.49. The highest BCUT2D eigenvalue weighted by atomic mass is 35.5. The van der Waals surface area contributed by atoms with E-state index in [4.69, 9.17) is 0 Å². The van der Waals surface area contributed by atoms with Crippen LogP contribution in [0.4, 0.5) is 11.6 Å². The zero-order chi connectivity index (χ0) is 19.8. The van der Waals surface area contributed by atoms with Crippen LogP contribution in [0.3, 0.4) is 0 Å². The topological polar surface area (TPSA) is 97.1 Å². The van der Waals surface area contributed by atoms with Gasteiger partial charge in [0.25, 0.3) is 17.8 Å². The molecule has 0 aliphatic carbocycles. The molecule has 0 N–H and O–H groups in total.